The summed E-state index contributed by atoms with van der Waals surface area (Å²) >= 11 is 0. The number of nitrogens with one attached hydrogen (secondary N) is 3. The molecule has 0 saturated heterocycles. The van der Waals surface area contributed by atoms with Crippen LogP contribution in [0, 0.1) is 0 Å². The van der Waals surface area contributed by atoms with E-state index in [9.17, 15) is 14.7 Å². The van der Waals surface area contributed by atoms with Crippen molar-refractivity contribution in [2.45, 2.75) is 12.5 Å². The monoisotopic (exact) mass is 357 g/mol. The van der Waals surface area contributed by atoms with Gasteiger partial charge in [0.15, 0.2) is 0 Å². The average molecular weight is 357 g/mol. The Kier molecular flexibility index (Phi) is 6.99. The minimum atomic E-state index is -0.426. The number of carbonyl (C=O) groups excluding carboxylic acids is 2. The molecule has 1 atom stereocenters. The summed E-state index contributed by atoms with van der Waals surface area (Å²) in [6, 6.07) is 13.1. The van der Waals surface area contributed by atoms with E-state index in [0.29, 0.717) is 17.7 Å². The topological polar surface area (TPSA) is 99.7 Å². The Morgan fingerprint density at radius 1 is 1.08 bits per heavy atom. The number of aliphatic hydroxyl groups is 1. The summed E-state index contributed by atoms with van der Waals surface area (Å²) in [5.41, 5.74) is 2.03. The molecule has 7 nitrogen and oxygen atoms in total. The van der Waals surface area contributed by atoms with Crippen LogP contribution in [0.25, 0.3) is 0 Å². The fraction of sp³-hybridized carbons (Fsp3) is 0.263. The van der Waals surface area contributed by atoms with Crippen molar-refractivity contribution < 1.29 is 19.4 Å². The van der Waals surface area contributed by atoms with Crippen molar-refractivity contribution in [3.8, 4) is 5.75 Å². The number of urea groups is 1. The summed E-state index contributed by atoms with van der Waals surface area (Å²) in [5, 5.41) is 17.5. The van der Waals surface area contributed by atoms with Crippen LogP contribution in [0.2, 0.25) is 0 Å². The second-order valence-corrected chi connectivity index (χ2v) is 5.69. The normalized spacial score (nSPS) is 11.3. The first-order valence-electron chi connectivity index (χ1n) is 8.19. The number of carbonyl (C=O) groups is 2. The van der Waals surface area contributed by atoms with Crippen LogP contribution in [0.4, 0.5) is 10.5 Å². The fourth-order valence-electron chi connectivity index (χ4n) is 2.41. The van der Waals surface area contributed by atoms with Crippen LogP contribution in [-0.4, -0.2) is 43.9 Å². The molecule has 0 aliphatic carbocycles. The van der Waals surface area contributed by atoms with Crippen molar-refractivity contribution in [2.24, 2.45) is 0 Å². The van der Waals surface area contributed by atoms with Gasteiger partial charge in [0, 0.05) is 18.3 Å². The van der Waals surface area contributed by atoms with Crippen LogP contribution in [-0.2, 0) is 6.42 Å². The van der Waals surface area contributed by atoms with Crippen molar-refractivity contribution in [3.63, 3.8) is 0 Å². The molecule has 0 aliphatic rings. The average Bonchev–Trinajstić information content (AvgIpc) is 2.68. The summed E-state index contributed by atoms with van der Waals surface area (Å²) in [6.07, 6.45) is 0.490. The Bertz CT molecular complexity index is 729. The number of amides is 3. The van der Waals surface area contributed by atoms with Gasteiger partial charge in [-0.2, -0.15) is 0 Å². The maximum Gasteiger partial charge on any atom is 0.319 e. The summed E-state index contributed by atoms with van der Waals surface area (Å²) in [5.74, 6) is 0.557. The highest BCUT2D eigenvalue weighted by Gasteiger charge is 2.13. The highest BCUT2D eigenvalue weighted by atomic mass is 16.5. The van der Waals surface area contributed by atoms with Gasteiger partial charge in [0.1, 0.15) is 5.75 Å². The van der Waals surface area contributed by atoms with Crippen LogP contribution in [0.15, 0.2) is 48.5 Å². The molecule has 2 rings (SSSR count). The molecule has 0 spiro atoms. The van der Waals surface area contributed by atoms with E-state index in [1.54, 1.807) is 38.4 Å². The molecule has 2 aromatic rings. The summed E-state index contributed by atoms with van der Waals surface area (Å²) in [4.78, 5) is 23.6. The van der Waals surface area contributed by atoms with E-state index in [1.165, 1.54) is 0 Å². The zero-order valence-corrected chi connectivity index (χ0v) is 14.8. The quantitative estimate of drug-likeness (QED) is 0.607. The van der Waals surface area contributed by atoms with E-state index in [1.807, 2.05) is 24.3 Å². The van der Waals surface area contributed by atoms with E-state index in [4.69, 9.17) is 4.74 Å². The molecule has 1 unspecified atom stereocenters. The van der Waals surface area contributed by atoms with Crippen LogP contribution in [0.5, 0.6) is 5.75 Å². The summed E-state index contributed by atoms with van der Waals surface area (Å²) in [6.45, 7) is -0.185. The zero-order valence-electron chi connectivity index (χ0n) is 14.8. The van der Waals surface area contributed by atoms with Crippen LogP contribution in [0.3, 0.4) is 0 Å². The molecule has 7 heteroatoms. The lowest BCUT2D eigenvalue weighted by Crippen LogP contribution is -2.41. The first kappa shape index (κ1) is 19.3. The van der Waals surface area contributed by atoms with Gasteiger partial charge < -0.3 is 25.8 Å². The van der Waals surface area contributed by atoms with Crippen molar-refractivity contribution in [3.05, 3.63) is 59.7 Å². The molecule has 0 aliphatic heterocycles. The molecule has 0 saturated carbocycles. The second-order valence-electron chi connectivity index (χ2n) is 5.69. The standard InChI is InChI=1S/C19H23N3O4/c1-20-18(24)14-5-7-15(8-6-14)21-19(25)22-16(12-23)11-13-3-9-17(26-2)10-4-13/h3-10,16,23H,11-12H2,1-2H3,(H,20,24)(H2,21,22,25). The summed E-state index contributed by atoms with van der Waals surface area (Å²) < 4.78 is 5.11. The van der Waals surface area contributed by atoms with E-state index >= 15 is 0 Å². The molecule has 2 aromatic carbocycles. The number of anilines is 1. The SMILES string of the molecule is CNC(=O)c1ccc(NC(=O)NC(CO)Cc2ccc(OC)cc2)cc1. The minimum Gasteiger partial charge on any atom is -0.497 e. The maximum atomic E-state index is 12.1. The first-order valence-corrected chi connectivity index (χ1v) is 8.19. The summed E-state index contributed by atoms with van der Waals surface area (Å²) in [7, 11) is 3.15. The van der Waals surface area contributed by atoms with Crippen molar-refractivity contribution in [1.29, 1.82) is 0 Å². The molecule has 0 heterocycles. The van der Waals surface area contributed by atoms with Crippen molar-refractivity contribution in [2.75, 3.05) is 26.1 Å². The Hall–Kier alpha value is -3.06. The number of aliphatic hydroxyl groups excluding tert-OH is 1. The smallest absolute Gasteiger partial charge is 0.319 e. The van der Waals surface area contributed by atoms with E-state index in [0.717, 1.165) is 11.3 Å². The third-order valence-electron chi connectivity index (χ3n) is 3.83. The molecule has 3 amide bonds. The minimum absolute atomic E-state index is 0.185. The third-order valence-corrected chi connectivity index (χ3v) is 3.83. The molecule has 26 heavy (non-hydrogen) atoms. The van der Waals surface area contributed by atoms with Crippen LogP contribution >= 0.6 is 0 Å². The Morgan fingerprint density at radius 2 is 1.73 bits per heavy atom. The second kappa shape index (κ2) is 9.43. The van der Waals surface area contributed by atoms with Gasteiger partial charge in [0.25, 0.3) is 5.91 Å². The van der Waals surface area contributed by atoms with E-state index in [2.05, 4.69) is 16.0 Å². The van der Waals surface area contributed by atoms with Gasteiger partial charge in [-0.1, -0.05) is 12.1 Å². The third kappa shape index (κ3) is 5.49. The molecular formula is C19H23N3O4. The van der Waals surface area contributed by atoms with Crippen LogP contribution in [0.1, 0.15) is 15.9 Å². The molecule has 0 bridgehead atoms. The molecule has 138 valence electrons. The lowest BCUT2D eigenvalue weighted by molar-refractivity contribution is 0.0963. The number of rotatable bonds is 7. The number of benzene rings is 2. The lowest BCUT2D eigenvalue weighted by atomic mass is 10.1. The highest BCUT2D eigenvalue weighted by Crippen LogP contribution is 2.13. The van der Waals surface area contributed by atoms with Crippen molar-refractivity contribution in [1.82, 2.24) is 10.6 Å². The van der Waals surface area contributed by atoms with Gasteiger partial charge in [-0.05, 0) is 48.4 Å². The Balaban J connectivity index is 1.90. The highest BCUT2D eigenvalue weighted by molar-refractivity contribution is 5.95. The van der Waals surface area contributed by atoms with Gasteiger partial charge >= 0.3 is 6.03 Å². The Labute approximate surface area is 152 Å². The molecular weight excluding hydrogens is 334 g/mol. The van der Waals surface area contributed by atoms with Crippen LogP contribution < -0.4 is 20.7 Å². The fourth-order valence-corrected chi connectivity index (χ4v) is 2.41. The molecule has 0 fully saturated rings. The maximum absolute atomic E-state index is 12.1. The van der Waals surface area contributed by atoms with Gasteiger partial charge in [-0.3, -0.25) is 4.79 Å². The molecule has 0 aromatic heterocycles. The number of hydrogen-bond acceptors (Lipinski definition) is 4. The first-order chi connectivity index (χ1) is 12.5. The molecule has 4 N–H and O–H groups in total. The van der Waals surface area contributed by atoms with E-state index < -0.39 is 12.1 Å². The predicted molar refractivity (Wildman–Crippen MR) is 99.6 cm³/mol. The van der Waals surface area contributed by atoms with Gasteiger partial charge in [0.05, 0.1) is 19.8 Å². The van der Waals surface area contributed by atoms with E-state index in [-0.39, 0.29) is 12.5 Å². The van der Waals surface area contributed by atoms with Crippen molar-refractivity contribution >= 4 is 17.6 Å². The number of methoxy groups -OCH3 is 1. The largest absolute Gasteiger partial charge is 0.497 e. The molecule has 0 radical (unpaired) electrons. The van der Waals surface area contributed by atoms with Gasteiger partial charge in [0.2, 0.25) is 0 Å². The lowest BCUT2D eigenvalue weighted by Gasteiger charge is -2.17. The van der Waals surface area contributed by atoms with Gasteiger partial charge in [-0.15, -0.1) is 0 Å². The van der Waals surface area contributed by atoms with Gasteiger partial charge in [-0.25, -0.2) is 4.79 Å². The Morgan fingerprint density at radius 3 is 2.27 bits per heavy atom. The predicted octanol–water partition coefficient (Wildman–Crippen LogP) is 1.78. The number of ether oxygens (including phenoxy) is 1. The number of hydrogen-bond donors (Lipinski definition) is 4. The zero-order chi connectivity index (χ0) is 18.9.